The molecule has 3 amide bonds. The van der Waals surface area contributed by atoms with Gasteiger partial charge in [-0.3, -0.25) is 14.4 Å². The predicted molar refractivity (Wildman–Crippen MR) is 101 cm³/mol. The number of nitrogens with zero attached hydrogens (tertiary/aromatic N) is 2. The molecule has 0 saturated heterocycles. The van der Waals surface area contributed by atoms with Crippen molar-refractivity contribution in [1.29, 1.82) is 0 Å². The van der Waals surface area contributed by atoms with Crippen LogP contribution >= 0.6 is 21.6 Å². The van der Waals surface area contributed by atoms with E-state index >= 15 is 0 Å². The van der Waals surface area contributed by atoms with Crippen molar-refractivity contribution in [2.45, 2.75) is 40.0 Å². The zero-order valence-electron chi connectivity index (χ0n) is 15.2. The molecule has 0 aromatic rings. The van der Waals surface area contributed by atoms with E-state index in [2.05, 4.69) is 10.5 Å². The summed E-state index contributed by atoms with van der Waals surface area (Å²) in [5, 5.41) is 6.76. The van der Waals surface area contributed by atoms with Crippen LogP contribution in [0.4, 0.5) is 0 Å². The normalized spacial score (nSPS) is 9.81. The molecular formula is C15H25N3O6S2. The van der Waals surface area contributed by atoms with E-state index in [0.717, 1.165) is 5.71 Å². The summed E-state index contributed by atoms with van der Waals surface area (Å²) in [6.45, 7) is 5.65. The van der Waals surface area contributed by atoms with Crippen LogP contribution in [0.2, 0.25) is 0 Å². The highest BCUT2D eigenvalue weighted by molar-refractivity contribution is 8.76. The number of carbonyl (C=O) groups is 4. The Labute approximate surface area is 160 Å². The number of hydrogen-bond donors (Lipinski definition) is 1. The summed E-state index contributed by atoms with van der Waals surface area (Å²) in [6, 6.07) is 0. The summed E-state index contributed by atoms with van der Waals surface area (Å²) in [4.78, 5) is 54.7. The number of hydrogen-bond acceptors (Lipinski definition) is 9. The van der Waals surface area contributed by atoms with Crippen molar-refractivity contribution >= 4 is 51.5 Å². The van der Waals surface area contributed by atoms with Crippen molar-refractivity contribution in [2.75, 3.05) is 24.7 Å². The highest BCUT2D eigenvalue weighted by atomic mass is 33.1. The van der Waals surface area contributed by atoms with E-state index < -0.39 is 11.9 Å². The average Bonchev–Trinajstić information content (AvgIpc) is 2.58. The van der Waals surface area contributed by atoms with E-state index in [1.807, 2.05) is 0 Å². The molecule has 0 fully saturated rings. The standard InChI is InChI=1S/C15H25N3O6S2/c1-4-5-14(21)18(11-19)24-15(22)6-8-25-26-9-7-16-13(20)10-23-17-12(2)3/h11H,4-10H2,1-3H3,(H,16,20). The van der Waals surface area contributed by atoms with E-state index in [1.165, 1.54) is 21.6 Å². The summed E-state index contributed by atoms with van der Waals surface area (Å²) in [5.41, 5.74) is 0.731. The predicted octanol–water partition coefficient (Wildman–Crippen LogP) is 1.53. The first kappa shape index (κ1) is 24.2. The topological polar surface area (TPSA) is 114 Å². The molecule has 1 N–H and O–H groups in total. The molecule has 0 aliphatic rings. The van der Waals surface area contributed by atoms with E-state index in [0.29, 0.717) is 29.5 Å². The van der Waals surface area contributed by atoms with E-state index in [-0.39, 0.29) is 31.8 Å². The zero-order chi connectivity index (χ0) is 19.8. The van der Waals surface area contributed by atoms with Gasteiger partial charge in [-0.2, -0.15) is 0 Å². The van der Waals surface area contributed by atoms with Gasteiger partial charge in [0.05, 0.1) is 12.1 Å². The molecule has 0 aliphatic carbocycles. The Kier molecular flexibility index (Phi) is 14.5. The van der Waals surface area contributed by atoms with Gasteiger partial charge < -0.3 is 15.0 Å². The van der Waals surface area contributed by atoms with Gasteiger partial charge in [0.15, 0.2) is 6.61 Å². The molecule has 0 unspecified atom stereocenters. The largest absolute Gasteiger partial charge is 0.386 e. The monoisotopic (exact) mass is 407 g/mol. The van der Waals surface area contributed by atoms with Gasteiger partial charge in [-0.1, -0.05) is 33.7 Å². The van der Waals surface area contributed by atoms with Crippen LogP contribution in [0.25, 0.3) is 0 Å². The molecule has 9 nitrogen and oxygen atoms in total. The van der Waals surface area contributed by atoms with Gasteiger partial charge in [-0.15, -0.1) is 5.06 Å². The third-order valence-electron chi connectivity index (χ3n) is 2.43. The second-order valence-electron chi connectivity index (χ2n) is 5.09. The Bertz CT molecular complexity index is 498. The van der Waals surface area contributed by atoms with Gasteiger partial charge in [-0.05, 0) is 20.3 Å². The molecule has 0 rings (SSSR count). The maximum absolute atomic E-state index is 11.6. The van der Waals surface area contributed by atoms with Crippen LogP contribution in [-0.4, -0.2) is 59.6 Å². The van der Waals surface area contributed by atoms with Crippen LogP contribution in [0.5, 0.6) is 0 Å². The first-order valence-electron chi connectivity index (χ1n) is 8.03. The fraction of sp³-hybridized carbons (Fsp3) is 0.667. The van der Waals surface area contributed by atoms with Crippen molar-refractivity contribution in [3.05, 3.63) is 0 Å². The number of rotatable bonds is 13. The third kappa shape index (κ3) is 13.5. The number of nitrogens with one attached hydrogen (secondary N) is 1. The number of imide groups is 1. The van der Waals surface area contributed by atoms with Gasteiger partial charge in [0.2, 0.25) is 0 Å². The molecular weight excluding hydrogens is 382 g/mol. The molecule has 148 valence electrons. The third-order valence-corrected chi connectivity index (χ3v) is 4.84. The van der Waals surface area contributed by atoms with Gasteiger partial charge in [0.1, 0.15) is 0 Å². The molecule has 0 spiro atoms. The first-order valence-corrected chi connectivity index (χ1v) is 10.5. The summed E-state index contributed by atoms with van der Waals surface area (Å²) >= 11 is 0. The minimum Gasteiger partial charge on any atom is -0.386 e. The molecule has 0 bridgehead atoms. The maximum atomic E-state index is 11.6. The quantitative estimate of drug-likeness (QED) is 0.161. The lowest BCUT2D eigenvalue weighted by atomic mass is 10.3. The molecule has 0 aromatic heterocycles. The van der Waals surface area contributed by atoms with E-state index in [1.54, 1.807) is 20.8 Å². The average molecular weight is 408 g/mol. The highest BCUT2D eigenvalue weighted by Gasteiger charge is 2.17. The number of carbonyl (C=O) groups excluding carboxylic acids is 4. The van der Waals surface area contributed by atoms with Crippen molar-refractivity contribution in [1.82, 2.24) is 10.4 Å². The van der Waals surface area contributed by atoms with Gasteiger partial charge in [0.25, 0.3) is 18.2 Å². The van der Waals surface area contributed by atoms with E-state index in [9.17, 15) is 19.2 Å². The van der Waals surface area contributed by atoms with Gasteiger partial charge in [0, 0.05) is 24.5 Å². The maximum Gasteiger partial charge on any atom is 0.334 e. The van der Waals surface area contributed by atoms with Crippen LogP contribution in [0.1, 0.15) is 40.0 Å². The van der Waals surface area contributed by atoms with Crippen molar-refractivity contribution < 1.29 is 28.9 Å². The minimum atomic E-state index is -0.646. The number of oxime groups is 1. The summed E-state index contributed by atoms with van der Waals surface area (Å²) in [7, 11) is 2.91. The summed E-state index contributed by atoms with van der Waals surface area (Å²) < 4.78 is 0. The Hall–Kier alpha value is -1.75. The molecule has 0 aromatic carbocycles. The smallest absolute Gasteiger partial charge is 0.334 e. The Balaban J connectivity index is 3.69. The Morgan fingerprint density at radius 1 is 1.15 bits per heavy atom. The second-order valence-corrected chi connectivity index (χ2v) is 7.80. The Morgan fingerprint density at radius 2 is 1.85 bits per heavy atom. The lowest BCUT2D eigenvalue weighted by Gasteiger charge is -2.13. The van der Waals surface area contributed by atoms with Crippen LogP contribution < -0.4 is 5.32 Å². The molecule has 0 atom stereocenters. The summed E-state index contributed by atoms with van der Waals surface area (Å²) in [6.07, 6.45) is 0.951. The molecule has 0 aliphatic heterocycles. The highest BCUT2D eigenvalue weighted by Crippen LogP contribution is 2.21. The van der Waals surface area contributed by atoms with Gasteiger partial charge in [-0.25, -0.2) is 4.79 Å². The second kappa shape index (κ2) is 15.5. The van der Waals surface area contributed by atoms with Crippen molar-refractivity contribution in [3.63, 3.8) is 0 Å². The first-order chi connectivity index (χ1) is 12.4. The Morgan fingerprint density at radius 3 is 2.46 bits per heavy atom. The molecule has 0 saturated carbocycles. The molecule has 26 heavy (non-hydrogen) atoms. The van der Waals surface area contributed by atoms with Crippen molar-refractivity contribution in [3.8, 4) is 0 Å². The SMILES string of the molecule is CCCC(=O)N(C=O)OC(=O)CCSSCCNC(=O)CON=C(C)C. The number of amides is 3. The molecule has 11 heteroatoms. The van der Waals surface area contributed by atoms with Crippen LogP contribution in [0.3, 0.4) is 0 Å². The zero-order valence-corrected chi connectivity index (χ0v) is 16.8. The minimum absolute atomic E-state index is 0.0655. The van der Waals surface area contributed by atoms with E-state index in [4.69, 9.17) is 9.68 Å². The number of hydroxylamine groups is 2. The lowest BCUT2D eigenvalue weighted by Crippen LogP contribution is -2.32. The summed E-state index contributed by atoms with van der Waals surface area (Å²) in [5.74, 6) is -0.337. The van der Waals surface area contributed by atoms with Crippen LogP contribution in [0.15, 0.2) is 5.16 Å². The lowest BCUT2D eigenvalue weighted by molar-refractivity contribution is -0.196. The van der Waals surface area contributed by atoms with Gasteiger partial charge >= 0.3 is 5.97 Å². The fourth-order valence-electron chi connectivity index (χ4n) is 1.36. The molecule has 0 heterocycles. The van der Waals surface area contributed by atoms with Crippen LogP contribution in [0, 0.1) is 0 Å². The molecule has 0 radical (unpaired) electrons. The van der Waals surface area contributed by atoms with Crippen LogP contribution in [-0.2, 0) is 28.9 Å². The van der Waals surface area contributed by atoms with Crippen molar-refractivity contribution in [2.24, 2.45) is 5.16 Å². The fourth-order valence-corrected chi connectivity index (χ4v) is 3.23.